The molecule has 2 fully saturated rings. The van der Waals surface area contributed by atoms with E-state index in [2.05, 4.69) is 10.2 Å². The number of aliphatic hydroxyl groups excluding tert-OH is 2. The number of nitrogens with one attached hydrogen (secondary N) is 1. The third kappa shape index (κ3) is 6.93. The van der Waals surface area contributed by atoms with Crippen LogP contribution in [0, 0.1) is 11.8 Å². The molecule has 5 unspecified atom stereocenters. The van der Waals surface area contributed by atoms with Crippen molar-refractivity contribution in [3.63, 3.8) is 0 Å². The Labute approximate surface area is 191 Å². The predicted octanol–water partition coefficient (Wildman–Crippen LogP) is 2.23. The van der Waals surface area contributed by atoms with Gasteiger partial charge in [-0.3, -0.25) is 9.69 Å². The summed E-state index contributed by atoms with van der Waals surface area (Å²) in [5.74, 6) is 1.73. The van der Waals surface area contributed by atoms with Gasteiger partial charge in [-0.15, -0.1) is 11.8 Å². The third-order valence-electron chi connectivity index (χ3n) is 6.76. The molecule has 1 saturated heterocycles. The summed E-state index contributed by atoms with van der Waals surface area (Å²) in [5.41, 5.74) is 5.67. The molecule has 5 atom stereocenters. The summed E-state index contributed by atoms with van der Waals surface area (Å²) in [6.45, 7) is 4.77. The number of nitrogens with two attached hydrogens (primary N) is 1. The van der Waals surface area contributed by atoms with Gasteiger partial charge in [-0.25, -0.2) is 0 Å². The molecular formula is C24H39N3O3S. The van der Waals surface area contributed by atoms with E-state index < -0.39 is 11.6 Å². The van der Waals surface area contributed by atoms with E-state index in [1.807, 2.05) is 44.2 Å². The van der Waals surface area contributed by atoms with Crippen LogP contribution in [-0.2, 0) is 4.79 Å². The molecule has 6 nitrogen and oxygen atoms in total. The maximum atomic E-state index is 13.1. The molecule has 174 valence electrons. The smallest absolute Gasteiger partial charge is 0.237 e. The maximum absolute atomic E-state index is 13.1. The fraction of sp³-hybridized carbons (Fsp3) is 0.708. The third-order valence-corrected chi connectivity index (χ3v) is 7.92. The van der Waals surface area contributed by atoms with Crippen molar-refractivity contribution in [1.29, 1.82) is 0 Å². The summed E-state index contributed by atoms with van der Waals surface area (Å²) in [6, 6.07) is 9.41. The van der Waals surface area contributed by atoms with Crippen molar-refractivity contribution >= 4 is 17.7 Å². The average molecular weight is 450 g/mol. The van der Waals surface area contributed by atoms with Gasteiger partial charge in [0.2, 0.25) is 5.91 Å². The first-order valence-electron chi connectivity index (χ1n) is 11.6. The van der Waals surface area contributed by atoms with Gasteiger partial charge in [-0.1, -0.05) is 37.5 Å². The first-order chi connectivity index (χ1) is 14.8. The van der Waals surface area contributed by atoms with E-state index >= 15 is 0 Å². The summed E-state index contributed by atoms with van der Waals surface area (Å²) in [5, 5.41) is 23.5. The van der Waals surface area contributed by atoms with Crippen LogP contribution in [0.15, 0.2) is 35.2 Å². The van der Waals surface area contributed by atoms with Crippen molar-refractivity contribution in [2.24, 2.45) is 17.6 Å². The number of carbonyl (C=O) groups excluding carboxylic acids is 1. The Balaban J connectivity index is 1.63. The van der Waals surface area contributed by atoms with Gasteiger partial charge in [0.15, 0.2) is 0 Å². The lowest BCUT2D eigenvalue weighted by atomic mass is 9.72. The zero-order chi connectivity index (χ0) is 22.4. The molecule has 1 aromatic carbocycles. The number of hydrogen-bond acceptors (Lipinski definition) is 6. The molecular weight excluding hydrogens is 410 g/mol. The molecule has 1 saturated carbocycles. The van der Waals surface area contributed by atoms with Crippen LogP contribution in [-0.4, -0.2) is 70.2 Å². The van der Waals surface area contributed by atoms with Gasteiger partial charge in [0, 0.05) is 29.8 Å². The number of rotatable bonds is 9. The molecule has 0 radical (unpaired) electrons. The zero-order valence-electron chi connectivity index (χ0n) is 18.9. The number of β-amino-alcohol motifs (C(OH)–C–C–N with tert-alkyl or cyclic N) is 1. The molecule has 31 heavy (non-hydrogen) atoms. The van der Waals surface area contributed by atoms with E-state index in [9.17, 15) is 15.0 Å². The Hall–Kier alpha value is -1.12. The highest BCUT2D eigenvalue weighted by molar-refractivity contribution is 7.99. The fourth-order valence-corrected chi connectivity index (χ4v) is 5.78. The molecule has 5 N–H and O–H groups in total. The SMILES string of the molecule is CC(C)(CO)NC(=O)C1CC2CCCCC2CN1CC(O)C(N)CSc1ccccc1. The Kier molecular flexibility index (Phi) is 8.82. The number of aliphatic hydroxyl groups is 2. The van der Waals surface area contributed by atoms with Gasteiger partial charge < -0.3 is 21.3 Å². The average Bonchev–Trinajstić information content (AvgIpc) is 2.77. The van der Waals surface area contributed by atoms with Crippen LogP contribution in [0.25, 0.3) is 0 Å². The van der Waals surface area contributed by atoms with Crippen LogP contribution in [0.1, 0.15) is 46.0 Å². The highest BCUT2D eigenvalue weighted by Crippen LogP contribution is 2.38. The van der Waals surface area contributed by atoms with E-state index in [1.54, 1.807) is 11.8 Å². The summed E-state index contributed by atoms with van der Waals surface area (Å²) in [4.78, 5) is 16.4. The van der Waals surface area contributed by atoms with Gasteiger partial charge in [0.1, 0.15) is 0 Å². The molecule has 1 aromatic rings. The van der Waals surface area contributed by atoms with Crippen molar-refractivity contribution in [3.05, 3.63) is 30.3 Å². The number of benzene rings is 1. The second kappa shape index (κ2) is 11.1. The molecule has 1 aliphatic heterocycles. The van der Waals surface area contributed by atoms with Crippen LogP contribution >= 0.6 is 11.8 Å². The predicted molar refractivity (Wildman–Crippen MR) is 126 cm³/mol. The molecule has 1 amide bonds. The van der Waals surface area contributed by atoms with E-state index in [0.29, 0.717) is 24.1 Å². The first-order valence-corrected chi connectivity index (χ1v) is 12.6. The van der Waals surface area contributed by atoms with E-state index in [-0.39, 0.29) is 24.6 Å². The van der Waals surface area contributed by atoms with Crippen LogP contribution in [0.5, 0.6) is 0 Å². The molecule has 0 bridgehead atoms. The van der Waals surface area contributed by atoms with Gasteiger partial charge in [-0.05, 0) is 50.7 Å². The Morgan fingerprint density at radius 2 is 1.94 bits per heavy atom. The monoisotopic (exact) mass is 449 g/mol. The van der Waals surface area contributed by atoms with Crippen LogP contribution in [0.4, 0.5) is 0 Å². The normalized spacial score (nSPS) is 26.7. The van der Waals surface area contributed by atoms with Crippen molar-refractivity contribution in [1.82, 2.24) is 10.2 Å². The number of hydrogen-bond donors (Lipinski definition) is 4. The molecule has 0 spiro atoms. The minimum absolute atomic E-state index is 0.0532. The summed E-state index contributed by atoms with van der Waals surface area (Å²) in [6.07, 6.45) is 4.99. The van der Waals surface area contributed by atoms with E-state index in [0.717, 1.165) is 17.9 Å². The molecule has 2 aliphatic rings. The molecule has 3 rings (SSSR count). The number of nitrogens with zero attached hydrogens (tertiary/aromatic N) is 1. The first kappa shape index (κ1) is 24.5. The second-order valence-electron chi connectivity index (χ2n) is 9.90. The highest BCUT2D eigenvalue weighted by Gasteiger charge is 2.41. The van der Waals surface area contributed by atoms with Crippen LogP contribution in [0.2, 0.25) is 0 Å². The van der Waals surface area contributed by atoms with Gasteiger partial charge in [0.25, 0.3) is 0 Å². The Morgan fingerprint density at radius 1 is 1.26 bits per heavy atom. The summed E-state index contributed by atoms with van der Waals surface area (Å²) < 4.78 is 0. The Bertz CT molecular complexity index is 703. The van der Waals surface area contributed by atoms with Gasteiger partial charge in [-0.2, -0.15) is 0 Å². The lowest BCUT2D eigenvalue weighted by Crippen LogP contribution is -2.60. The lowest BCUT2D eigenvalue weighted by Gasteiger charge is -2.47. The van der Waals surface area contributed by atoms with Gasteiger partial charge >= 0.3 is 0 Å². The minimum Gasteiger partial charge on any atom is -0.394 e. The molecule has 0 aromatic heterocycles. The van der Waals surface area contributed by atoms with Crippen LogP contribution in [0.3, 0.4) is 0 Å². The van der Waals surface area contributed by atoms with Crippen LogP contribution < -0.4 is 11.1 Å². The molecule has 1 heterocycles. The lowest BCUT2D eigenvalue weighted by molar-refractivity contribution is -0.133. The largest absolute Gasteiger partial charge is 0.394 e. The quantitative estimate of drug-likeness (QED) is 0.432. The summed E-state index contributed by atoms with van der Waals surface area (Å²) in [7, 11) is 0. The van der Waals surface area contributed by atoms with E-state index in [4.69, 9.17) is 5.73 Å². The standard InChI is InChI=1S/C24H39N3O3S/c1-24(2,16-28)26-23(30)21-12-17-8-6-7-9-18(17)13-27(21)14-22(29)20(25)15-31-19-10-4-3-5-11-19/h3-5,10-11,17-18,20-22,28-29H,6-9,12-16,25H2,1-2H3,(H,26,30). The number of fused-ring (bicyclic) bond motifs is 1. The molecule has 1 aliphatic carbocycles. The number of likely N-dealkylation sites (tertiary alicyclic amines) is 1. The summed E-state index contributed by atoms with van der Waals surface area (Å²) >= 11 is 1.64. The van der Waals surface area contributed by atoms with Crippen molar-refractivity contribution < 1.29 is 15.0 Å². The maximum Gasteiger partial charge on any atom is 0.237 e. The Morgan fingerprint density at radius 3 is 2.61 bits per heavy atom. The van der Waals surface area contributed by atoms with Crippen molar-refractivity contribution in [3.8, 4) is 0 Å². The van der Waals surface area contributed by atoms with Crippen molar-refractivity contribution in [2.75, 3.05) is 25.4 Å². The zero-order valence-corrected chi connectivity index (χ0v) is 19.7. The number of carbonyl (C=O) groups is 1. The van der Waals surface area contributed by atoms with E-state index in [1.165, 1.54) is 25.7 Å². The number of thioether (sulfide) groups is 1. The topological polar surface area (TPSA) is 98.8 Å². The number of amides is 1. The highest BCUT2D eigenvalue weighted by atomic mass is 32.2. The second-order valence-corrected chi connectivity index (χ2v) is 11.0. The van der Waals surface area contributed by atoms with Gasteiger partial charge in [0.05, 0.1) is 24.3 Å². The number of piperidine rings is 1. The minimum atomic E-state index is -0.697. The molecule has 7 heteroatoms. The van der Waals surface area contributed by atoms with Crippen molar-refractivity contribution in [2.45, 2.75) is 74.6 Å². The fourth-order valence-electron chi connectivity index (χ4n) is 4.83.